The molecule has 0 radical (unpaired) electrons. The van der Waals surface area contributed by atoms with Crippen molar-refractivity contribution < 1.29 is 5.11 Å². The van der Waals surface area contributed by atoms with E-state index in [1.807, 2.05) is 19.1 Å². The molecule has 6 rings (SSSR count). The largest absolute Gasteiger partial charge is 0.391 e. The molecule has 8 nitrogen and oxygen atoms in total. The number of pyridine rings is 2. The van der Waals surface area contributed by atoms with E-state index >= 15 is 0 Å². The van der Waals surface area contributed by atoms with Crippen LogP contribution in [0.25, 0.3) is 10.9 Å². The number of piperidine rings is 2. The van der Waals surface area contributed by atoms with Crippen LogP contribution in [0.3, 0.4) is 0 Å². The lowest BCUT2D eigenvalue weighted by atomic mass is 9.57. The molecule has 3 aliphatic rings. The highest BCUT2D eigenvalue weighted by Gasteiger charge is 2.64. The van der Waals surface area contributed by atoms with Gasteiger partial charge in [-0.15, -0.1) is 0 Å². The smallest absolute Gasteiger partial charge is 0.188 e. The summed E-state index contributed by atoms with van der Waals surface area (Å²) in [7, 11) is 0. The highest BCUT2D eigenvalue weighted by atomic mass is 32.1. The number of hydrogen-bond donors (Lipinski definition) is 3. The molecule has 3 aliphatic heterocycles. The van der Waals surface area contributed by atoms with E-state index in [0.29, 0.717) is 35.9 Å². The summed E-state index contributed by atoms with van der Waals surface area (Å²) < 4.78 is 0. The van der Waals surface area contributed by atoms with Gasteiger partial charge < -0.3 is 15.7 Å². The predicted octanol–water partition coefficient (Wildman–Crippen LogP) is 4.09. The zero-order valence-electron chi connectivity index (χ0n) is 18.6. The Balaban J connectivity index is 1.22. The molecule has 3 N–H and O–H groups in total. The molecular formula is C24H27N7OS. The van der Waals surface area contributed by atoms with Gasteiger partial charge in [-0.1, -0.05) is 11.3 Å². The van der Waals surface area contributed by atoms with Crippen LogP contribution in [-0.2, 0) is 6.61 Å². The van der Waals surface area contributed by atoms with Crippen molar-refractivity contribution in [2.75, 3.05) is 10.6 Å². The molecule has 3 aromatic rings. The van der Waals surface area contributed by atoms with E-state index in [1.165, 1.54) is 24.2 Å². The number of aromatic nitrogens is 3. The Hall–Kier alpha value is -2.80. The molecule has 33 heavy (non-hydrogen) atoms. The molecule has 0 bridgehead atoms. The van der Waals surface area contributed by atoms with Gasteiger partial charge in [0.2, 0.25) is 0 Å². The van der Waals surface area contributed by atoms with Crippen molar-refractivity contribution in [2.45, 2.75) is 75.7 Å². The third-order valence-electron chi connectivity index (χ3n) is 7.59. The maximum absolute atomic E-state index is 9.48. The lowest BCUT2D eigenvalue weighted by Crippen LogP contribution is -2.81. The van der Waals surface area contributed by atoms with Crippen LogP contribution in [0.15, 0.2) is 24.4 Å². The summed E-state index contributed by atoms with van der Waals surface area (Å²) in [6, 6.07) is 9.90. The van der Waals surface area contributed by atoms with Crippen LogP contribution < -0.4 is 10.6 Å². The molecule has 0 aromatic carbocycles. The molecule has 3 fully saturated rings. The van der Waals surface area contributed by atoms with Crippen molar-refractivity contribution in [2.24, 2.45) is 0 Å². The van der Waals surface area contributed by atoms with E-state index in [9.17, 15) is 5.11 Å². The van der Waals surface area contributed by atoms with Crippen LogP contribution in [0.5, 0.6) is 0 Å². The molecular weight excluding hydrogens is 434 g/mol. The Morgan fingerprint density at radius 2 is 2.12 bits per heavy atom. The minimum Gasteiger partial charge on any atom is -0.391 e. The van der Waals surface area contributed by atoms with Crippen molar-refractivity contribution in [1.29, 1.82) is 5.26 Å². The first-order valence-corrected chi connectivity index (χ1v) is 12.4. The normalized spacial score (nSPS) is 27.8. The number of aliphatic hydroxyl groups is 1. The summed E-state index contributed by atoms with van der Waals surface area (Å²) in [5.74, 6) is 1.55. The summed E-state index contributed by atoms with van der Waals surface area (Å²) in [6.45, 7) is 1.89. The number of fused-ring (bicyclic) bond motifs is 1. The standard InChI is InChI=1S/C24H27N7OS/c1-14-20(13-32)33-23(27-14)30-21-10-19-18(4-2-7-26-19)22(29-21)28-15-8-16-11-24(5-3-6-25)12-17(9-15)31(16)24/h2,4,7,10,15-17,32H,3,5,8-9,11-13H2,1H3,(H2,27,28,29,30)/t15-,16+,17-,24?. The molecule has 9 heteroatoms. The molecule has 170 valence electrons. The van der Waals surface area contributed by atoms with Crippen LogP contribution in [-0.4, -0.2) is 48.6 Å². The minimum atomic E-state index is -0.0104. The SMILES string of the molecule is Cc1nc(Nc2cc3ncccc3c(N[C@H]3C[C@@H]4CC5(CCC#N)C[C@H](C3)N45)n2)sc1CO. The van der Waals surface area contributed by atoms with Crippen molar-refractivity contribution in [3.05, 3.63) is 35.0 Å². The number of nitriles is 1. The Morgan fingerprint density at radius 3 is 2.85 bits per heavy atom. The van der Waals surface area contributed by atoms with E-state index < -0.39 is 0 Å². The summed E-state index contributed by atoms with van der Waals surface area (Å²) in [6.07, 6.45) is 8.14. The third kappa shape index (κ3) is 3.44. The monoisotopic (exact) mass is 461 g/mol. The van der Waals surface area contributed by atoms with Gasteiger partial charge in [-0.05, 0) is 51.2 Å². The van der Waals surface area contributed by atoms with Gasteiger partial charge >= 0.3 is 0 Å². The van der Waals surface area contributed by atoms with Crippen LogP contribution in [0.4, 0.5) is 16.8 Å². The quantitative estimate of drug-likeness (QED) is 0.483. The van der Waals surface area contributed by atoms with Gasteiger partial charge in [-0.25, -0.2) is 9.97 Å². The van der Waals surface area contributed by atoms with E-state index in [1.54, 1.807) is 6.20 Å². The maximum Gasteiger partial charge on any atom is 0.188 e. The Morgan fingerprint density at radius 1 is 1.30 bits per heavy atom. The van der Waals surface area contributed by atoms with E-state index in [-0.39, 0.29) is 6.61 Å². The number of rotatable bonds is 7. The highest BCUT2D eigenvalue weighted by molar-refractivity contribution is 7.15. The van der Waals surface area contributed by atoms with Crippen molar-refractivity contribution in [3.8, 4) is 6.07 Å². The molecule has 6 heterocycles. The highest BCUT2D eigenvalue weighted by Crippen LogP contribution is 2.58. The fraction of sp³-hybridized carbons (Fsp3) is 0.500. The second kappa shape index (κ2) is 7.90. The fourth-order valence-electron chi connectivity index (χ4n) is 6.28. The number of aliphatic hydroxyl groups excluding tert-OH is 1. The molecule has 4 atom stereocenters. The van der Waals surface area contributed by atoms with Crippen molar-refractivity contribution >= 4 is 39.0 Å². The van der Waals surface area contributed by atoms with Crippen LogP contribution in [0, 0.1) is 18.3 Å². The van der Waals surface area contributed by atoms with Gasteiger partial charge in [-0.2, -0.15) is 5.26 Å². The summed E-state index contributed by atoms with van der Waals surface area (Å²) in [5.41, 5.74) is 2.04. The number of hydrogen-bond acceptors (Lipinski definition) is 9. The van der Waals surface area contributed by atoms with E-state index in [0.717, 1.165) is 51.7 Å². The first-order valence-electron chi connectivity index (χ1n) is 11.6. The average molecular weight is 462 g/mol. The van der Waals surface area contributed by atoms with Gasteiger partial charge in [0.1, 0.15) is 11.6 Å². The van der Waals surface area contributed by atoms with Crippen LogP contribution in [0.2, 0.25) is 0 Å². The number of thiazole rings is 1. The van der Waals surface area contributed by atoms with Crippen molar-refractivity contribution in [1.82, 2.24) is 19.9 Å². The number of aryl methyl sites for hydroxylation is 1. The third-order valence-corrected chi connectivity index (χ3v) is 8.65. The van der Waals surface area contributed by atoms with Gasteiger partial charge in [-0.3, -0.25) is 9.88 Å². The Kier molecular flexibility index (Phi) is 4.98. The molecule has 0 amide bonds. The minimum absolute atomic E-state index is 0.0104. The lowest BCUT2D eigenvalue weighted by Gasteiger charge is -2.74. The van der Waals surface area contributed by atoms with Gasteiger partial charge in [0.25, 0.3) is 0 Å². The first kappa shape index (κ1) is 20.8. The topological polar surface area (TPSA) is 110 Å². The molecule has 0 spiro atoms. The molecule has 1 unspecified atom stereocenters. The van der Waals surface area contributed by atoms with Crippen molar-refractivity contribution in [3.63, 3.8) is 0 Å². The van der Waals surface area contributed by atoms with Gasteiger partial charge in [0, 0.05) is 47.7 Å². The van der Waals surface area contributed by atoms with E-state index in [2.05, 4.69) is 37.6 Å². The van der Waals surface area contributed by atoms with E-state index in [4.69, 9.17) is 10.2 Å². The summed E-state index contributed by atoms with van der Waals surface area (Å²) in [4.78, 5) is 17.5. The zero-order valence-corrected chi connectivity index (χ0v) is 19.4. The Bertz CT molecular complexity index is 1240. The molecule has 0 aliphatic carbocycles. The predicted molar refractivity (Wildman–Crippen MR) is 128 cm³/mol. The lowest BCUT2D eigenvalue weighted by molar-refractivity contribution is -0.222. The molecule has 3 saturated heterocycles. The first-order chi connectivity index (χ1) is 16.1. The summed E-state index contributed by atoms with van der Waals surface area (Å²) >= 11 is 1.44. The number of anilines is 3. The van der Waals surface area contributed by atoms with Crippen LogP contribution >= 0.6 is 11.3 Å². The zero-order chi connectivity index (χ0) is 22.6. The summed E-state index contributed by atoms with van der Waals surface area (Å²) in [5, 5.41) is 27.3. The second-order valence-corrected chi connectivity index (χ2v) is 10.6. The number of nitrogens with one attached hydrogen (secondary N) is 2. The van der Waals surface area contributed by atoms with Gasteiger partial charge in [0.05, 0.1) is 28.8 Å². The van der Waals surface area contributed by atoms with Gasteiger partial charge in [0.15, 0.2) is 5.13 Å². The van der Waals surface area contributed by atoms with Crippen LogP contribution in [0.1, 0.15) is 49.1 Å². The second-order valence-electron chi connectivity index (χ2n) is 9.56. The molecule has 3 aromatic heterocycles. The average Bonchev–Trinajstić information content (AvgIpc) is 3.13. The molecule has 0 saturated carbocycles. The number of nitrogens with zero attached hydrogens (tertiary/aromatic N) is 5. The Labute approximate surface area is 196 Å². The fourth-order valence-corrected chi connectivity index (χ4v) is 7.11. The maximum atomic E-state index is 9.48.